The Morgan fingerprint density at radius 1 is 1.18 bits per heavy atom. The number of aromatic nitrogens is 2. The first-order chi connectivity index (χ1) is 13.4. The molecule has 1 aromatic carbocycles. The molecule has 1 aliphatic rings. The maximum atomic E-state index is 13.1. The van der Waals surface area contributed by atoms with Crippen molar-refractivity contribution in [2.45, 2.75) is 11.8 Å². The normalized spacial score (nSPS) is 15.8. The van der Waals surface area contributed by atoms with Crippen molar-refractivity contribution in [2.24, 2.45) is 7.05 Å². The Kier molecular flexibility index (Phi) is 5.32. The highest BCUT2D eigenvalue weighted by Gasteiger charge is 2.30. The molecule has 28 heavy (non-hydrogen) atoms. The molecule has 3 aromatic rings. The first-order valence-corrected chi connectivity index (χ1v) is 11.5. The van der Waals surface area contributed by atoms with Gasteiger partial charge in [0, 0.05) is 41.8 Å². The predicted molar refractivity (Wildman–Crippen MR) is 111 cm³/mol. The number of hydrogen-bond acceptors (Lipinski definition) is 5. The summed E-state index contributed by atoms with van der Waals surface area (Å²) in [5.74, 6) is 0. The topological polar surface area (TPSA) is 64.4 Å². The van der Waals surface area contributed by atoms with Crippen molar-refractivity contribution < 1.29 is 13.2 Å². The largest absolute Gasteiger partial charge is 0.379 e. The molecule has 0 saturated carbocycles. The van der Waals surface area contributed by atoms with Gasteiger partial charge in [-0.25, -0.2) is 13.4 Å². The van der Waals surface area contributed by atoms with Gasteiger partial charge >= 0.3 is 0 Å². The minimum Gasteiger partial charge on any atom is -0.379 e. The molecule has 1 fully saturated rings. The van der Waals surface area contributed by atoms with Crippen LogP contribution >= 0.6 is 22.9 Å². The van der Waals surface area contributed by atoms with Crippen LogP contribution in [0.1, 0.15) is 5.69 Å². The van der Waals surface area contributed by atoms with Gasteiger partial charge < -0.3 is 9.30 Å². The number of thiazole rings is 1. The molecule has 1 saturated heterocycles. The first kappa shape index (κ1) is 19.6. The van der Waals surface area contributed by atoms with Crippen molar-refractivity contribution in [2.75, 3.05) is 26.3 Å². The van der Waals surface area contributed by atoms with E-state index in [1.54, 1.807) is 6.07 Å². The third-order valence-corrected chi connectivity index (χ3v) is 8.07. The maximum absolute atomic E-state index is 13.1. The van der Waals surface area contributed by atoms with E-state index in [-0.39, 0.29) is 0 Å². The lowest BCUT2D eigenvalue weighted by Gasteiger charge is -2.25. The van der Waals surface area contributed by atoms with E-state index >= 15 is 0 Å². The van der Waals surface area contributed by atoms with Crippen LogP contribution in [0.25, 0.3) is 22.0 Å². The molecule has 0 aliphatic carbocycles. The standard InChI is InChI=1S/C19H20ClN3O3S2/c1-13-18(28(24,25)23-7-9-26-10-8-23)11-17(22(13)2)19-21-16(12-27-19)14-3-5-15(20)6-4-14/h3-6,11-12H,7-10H2,1-2H3. The zero-order valence-corrected chi connectivity index (χ0v) is 17.9. The fourth-order valence-corrected chi connectivity index (χ4v) is 5.89. The Labute approximate surface area is 173 Å². The Balaban J connectivity index is 1.70. The Hall–Kier alpha value is -1.71. The molecule has 0 unspecified atom stereocenters. The zero-order chi connectivity index (χ0) is 19.9. The van der Waals surface area contributed by atoms with Gasteiger partial charge in [0.15, 0.2) is 0 Å². The second kappa shape index (κ2) is 7.61. The summed E-state index contributed by atoms with van der Waals surface area (Å²) in [6.07, 6.45) is 0. The van der Waals surface area contributed by atoms with Crippen LogP contribution in [0.5, 0.6) is 0 Å². The number of ether oxygens (including phenoxy) is 1. The molecular weight excluding hydrogens is 418 g/mol. The molecule has 1 aliphatic heterocycles. The van der Waals surface area contributed by atoms with E-state index in [0.29, 0.717) is 41.9 Å². The van der Waals surface area contributed by atoms with Gasteiger partial charge in [-0.05, 0) is 25.1 Å². The summed E-state index contributed by atoms with van der Waals surface area (Å²) < 4.78 is 34.8. The number of morpholine rings is 1. The molecule has 0 bridgehead atoms. The van der Waals surface area contributed by atoms with Crippen molar-refractivity contribution in [3.8, 4) is 22.0 Å². The second-order valence-corrected chi connectivity index (χ2v) is 9.80. The van der Waals surface area contributed by atoms with Crippen LogP contribution in [-0.2, 0) is 21.8 Å². The minimum absolute atomic E-state index is 0.329. The summed E-state index contributed by atoms with van der Waals surface area (Å²) in [6.45, 7) is 3.43. The second-order valence-electron chi connectivity index (χ2n) is 6.60. The molecule has 3 heterocycles. The molecule has 0 radical (unpaired) electrons. The maximum Gasteiger partial charge on any atom is 0.245 e. The van der Waals surface area contributed by atoms with E-state index in [1.807, 2.05) is 48.2 Å². The van der Waals surface area contributed by atoms with Gasteiger partial charge in [0.1, 0.15) is 9.90 Å². The molecule has 0 spiro atoms. The number of nitrogens with zero attached hydrogens (tertiary/aromatic N) is 3. The number of sulfonamides is 1. The fraction of sp³-hybridized carbons (Fsp3) is 0.316. The summed E-state index contributed by atoms with van der Waals surface area (Å²) in [5.41, 5.74) is 3.30. The van der Waals surface area contributed by atoms with E-state index in [9.17, 15) is 8.42 Å². The third kappa shape index (κ3) is 3.51. The van der Waals surface area contributed by atoms with Gasteiger partial charge in [0.05, 0.1) is 24.6 Å². The monoisotopic (exact) mass is 437 g/mol. The number of halogens is 1. The van der Waals surface area contributed by atoms with Crippen molar-refractivity contribution >= 4 is 33.0 Å². The molecular formula is C19H20ClN3O3S2. The molecule has 9 heteroatoms. The molecule has 0 N–H and O–H groups in total. The van der Waals surface area contributed by atoms with Crippen LogP contribution in [0.3, 0.4) is 0 Å². The lowest BCUT2D eigenvalue weighted by Crippen LogP contribution is -2.40. The van der Waals surface area contributed by atoms with E-state index in [0.717, 1.165) is 22.0 Å². The summed E-state index contributed by atoms with van der Waals surface area (Å²) in [5, 5.41) is 3.42. The summed E-state index contributed by atoms with van der Waals surface area (Å²) in [4.78, 5) is 5.05. The molecule has 0 atom stereocenters. The fourth-order valence-electron chi connectivity index (χ4n) is 3.21. The smallest absolute Gasteiger partial charge is 0.245 e. The average Bonchev–Trinajstić information content (AvgIpc) is 3.29. The van der Waals surface area contributed by atoms with Gasteiger partial charge in [-0.3, -0.25) is 0 Å². The van der Waals surface area contributed by atoms with Crippen LogP contribution < -0.4 is 0 Å². The summed E-state index contributed by atoms with van der Waals surface area (Å²) in [7, 11) is -1.69. The van der Waals surface area contributed by atoms with Crippen LogP contribution in [-0.4, -0.2) is 48.6 Å². The van der Waals surface area contributed by atoms with E-state index in [4.69, 9.17) is 21.3 Å². The van der Waals surface area contributed by atoms with Gasteiger partial charge in [-0.15, -0.1) is 11.3 Å². The van der Waals surface area contributed by atoms with E-state index in [2.05, 4.69) is 0 Å². The van der Waals surface area contributed by atoms with Crippen LogP contribution in [0.2, 0.25) is 5.02 Å². The minimum atomic E-state index is -3.56. The van der Waals surface area contributed by atoms with Crippen molar-refractivity contribution in [1.82, 2.24) is 13.9 Å². The lowest BCUT2D eigenvalue weighted by molar-refractivity contribution is 0.0730. The highest BCUT2D eigenvalue weighted by molar-refractivity contribution is 7.89. The van der Waals surface area contributed by atoms with Crippen LogP contribution in [0, 0.1) is 6.92 Å². The van der Waals surface area contributed by atoms with E-state index < -0.39 is 10.0 Å². The molecule has 6 nitrogen and oxygen atoms in total. The number of benzene rings is 1. The number of hydrogen-bond donors (Lipinski definition) is 0. The Bertz CT molecular complexity index is 1100. The molecule has 148 valence electrons. The van der Waals surface area contributed by atoms with Crippen LogP contribution in [0.4, 0.5) is 0 Å². The quantitative estimate of drug-likeness (QED) is 0.622. The van der Waals surface area contributed by atoms with Gasteiger partial charge in [-0.2, -0.15) is 4.31 Å². The van der Waals surface area contributed by atoms with Crippen molar-refractivity contribution in [3.63, 3.8) is 0 Å². The van der Waals surface area contributed by atoms with Gasteiger partial charge in [0.25, 0.3) is 0 Å². The van der Waals surface area contributed by atoms with Gasteiger partial charge in [-0.1, -0.05) is 23.7 Å². The van der Waals surface area contributed by atoms with Crippen molar-refractivity contribution in [3.05, 3.63) is 46.4 Å². The third-order valence-electron chi connectivity index (χ3n) is 4.94. The predicted octanol–water partition coefficient (Wildman–Crippen LogP) is 3.80. The van der Waals surface area contributed by atoms with Crippen LogP contribution in [0.15, 0.2) is 40.6 Å². The Morgan fingerprint density at radius 2 is 1.86 bits per heavy atom. The average molecular weight is 438 g/mol. The highest BCUT2D eigenvalue weighted by atomic mass is 35.5. The SMILES string of the molecule is Cc1c(S(=O)(=O)N2CCOCC2)cc(-c2nc(-c3ccc(Cl)cc3)cs2)n1C. The lowest BCUT2D eigenvalue weighted by atomic mass is 10.2. The number of rotatable bonds is 4. The molecule has 4 rings (SSSR count). The van der Waals surface area contributed by atoms with Crippen molar-refractivity contribution in [1.29, 1.82) is 0 Å². The summed E-state index contributed by atoms with van der Waals surface area (Å²) >= 11 is 7.45. The molecule has 2 aromatic heterocycles. The zero-order valence-electron chi connectivity index (χ0n) is 15.6. The Morgan fingerprint density at radius 3 is 2.54 bits per heavy atom. The van der Waals surface area contributed by atoms with Gasteiger partial charge in [0.2, 0.25) is 10.0 Å². The molecule has 0 amide bonds. The first-order valence-electron chi connectivity index (χ1n) is 8.84. The summed E-state index contributed by atoms with van der Waals surface area (Å²) in [6, 6.07) is 9.23. The van der Waals surface area contributed by atoms with E-state index in [1.165, 1.54) is 15.6 Å². The highest BCUT2D eigenvalue weighted by Crippen LogP contribution is 2.34.